The molecule has 1 aliphatic rings. The van der Waals surface area contributed by atoms with E-state index in [1.165, 1.54) is 0 Å². The van der Waals surface area contributed by atoms with Gasteiger partial charge < -0.3 is 24.2 Å². The van der Waals surface area contributed by atoms with Gasteiger partial charge in [-0.05, 0) is 56.3 Å². The average molecular weight is 438 g/mol. The van der Waals surface area contributed by atoms with Crippen molar-refractivity contribution in [2.75, 3.05) is 40.4 Å². The topological polar surface area (TPSA) is 103 Å². The molecule has 1 amide bonds. The Kier molecular flexibility index (Phi) is 6.96. The smallest absolute Gasteiger partial charge is 0.269 e. The van der Waals surface area contributed by atoms with Crippen molar-refractivity contribution in [3.63, 3.8) is 0 Å². The van der Waals surface area contributed by atoms with Gasteiger partial charge in [0.25, 0.3) is 5.91 Å². The van der Waals surface area contributed by atoms with Gasteiger partial charge in [0.2, 0.25) is 11.7 Å². The van der Waals surface area contributed by atoms with Crippen LogP contribution in [0.5, 0.6) is 11.5 Å². The fourth-order valence-corrected chi connectivity index (χ4v) is 3.81. The van der Waals surface area contributed by atoms with Crippen molar-refractivity contribution in [3.05, 3.63) is 54.2 Å². The number of pyridine rings is 1. The SMILES string of the molecule is COc1ccc(-c2noc(C3CCN(CCNC(=O)c4ccccn4)CC3)n2)cc1OC. The highest BCUT2D eigenvalue weighted by atomic mass is 16.5. The summed E-state index contributed by atoms with van der Waals surface area (Å²) in [7, 11) is 3.20. The zero-order valence-electron chi connectivity index (χ0n) is 18.3. The van der Waals surface area contributed by atoms with Gasteiger partial charge in [0, 0.05) is 30.8 Å². The first-order chi connectivity index (χ1) is 15.7. The molecule has 0 spiro atoms. The minimum absolute atomic E-state index is 0.144. The van der Waals surface area contributed by atoms with E-state index in [1.54, 1.807) is 38.6 Å². The summed E-state index contributed by atoms with van der Waals surface area (Å²) in [6.45, 7) is 3.21. The van der Waals surface area contributed by atoms with Crippen LogP contribution in [0.4, 0.5) is 0 Å². The molecule has 0 aliphatic carbocycles. The highest BCUT2D eigenvalue weighted by Crippen LogP contribution is 2.33. The summed E-state index contributed by atoms with van der Waals surface area (Å²) < 4.78 is 16.2. The average Bonchev–Trinajstić information content (AvgIpc) is 3.35. The highest BCUT2D eigenvalue weighted by Gasteiger charge is 2.25. The van der Waals surface area contributed by atoms with E-state index in [-0.39, 0.29) is 11.8 Å². The Hall–Kier alpha value is -3.46. The Bertz CT molecular complexity index is 1030. The van der Waals surface area contributed by atoms with E-state index >= 15 is 0 Å². The number of carbonyl (C=O) groups is 1. The largest absolute Gasteiger partial charge is 0.493 e. The molecule has 0 saturated carbocycles. The van der Waals surface area contributed by atoms with Gasteiger partial charge >= 0.3 is 0 Å². The number of piperidine rings is 1. The van der Waals surface area contributed by atoms with Crippen LogP contribution < -0.4 is 14.8 Å². The van der Waals surface area contributed by atoms with Crippen molar-refractivity contribution in [1.29, 1.82) is 0 Å². The number of ether oxygens (including phenoxy) is 2. The van der Waals surface area contributed by atoms with Gasteiger partial charge in [-0.2, -0.15) is 4.98 Å². The van der Waals surface area contributed by atoms with Crippen molar-refractivity contribution in [1.82, 2.24) is 25.3 Å². The second-order valence-corrected chi connectivity index (χ2v) is 7.61. The first-order valence-corrected chi connectivity index (χ1v) is 10.7. The lowest BCUT2D eigenvalue weighted by atomic mass is 9.97. The van der Waals surface area contributed by atoms with Crippen LogP contribution in [0.2, 0.25) is 0 Å². The number of rotatable bonds is 8. The first-order valence-electron chi connectivity index (χ1n) is 10.7. The summed E-state index contributed by atoms with van der Waals surface area (Å²) in [4.78, 5) is 23.1. The maximum absolute atomic E-state index is 12.1. The van der Waals surface area contributed by atoms with Gasteiger partial charge in [-0.1, -0.05) is 11.2 Å². The third-order valence-corrected chi connectivity index (χ3v) is 5.63. The van der Waals surface area contributed by atoms with Crippen molar-refractivity contribution in [2.24, 2.45) is 0 Å². The summed E-state index contributed by atoms with van der Waals surface area (Å²) in [5, 5.41) is 7.08. The lowest BCUT2D eigenvalue weighted by Gasteiger charge is -2.30. The van der Waals surface area contributed by atoms with Crippen LogP contribution in [0, 0.1) is 0 Å². The van der Waals surface area contributed by atoms with E-state index in [9.17, 15) is 4.79 Å². The van der Waals surface area contributed by atoms with Crippen LogP contribution in [0.1, 0.15) is 35.1 Å². The molecule has 9 heteroatoms. The van der Waals surface area contributed by atoms with Crippen molar-refractivity contribution >= 4 is 5.91 Å². The zero-order chi connectivity index (χ0) is 22.3. The monoisotopic (exact) mass is 437 g/mol. The molecule has 0 bridgehead atoms. The normalized spacial score (nSPS) is 14.8. The second kappa shape index (κ2) is 10.2. The predicted molar refractivity (Wildman–Crippen MR) is 118 cm³/mol. The molecule has 0 unspecified atom stereocenters. The molecule has 0 atom stereocenters. The van der Waals surface area contributed by atoms with E-state index < -0.39 is 0 Å². The number of carbonyl (C=O) groups excluding carboxylic acids is 1. The standard InChI is InChI=1S/C23H27N5O4/c1-30-19-7-6-17(15-20(19)31-2)21-26-23(32-27-21)16-8-12-28(13-9-16)14-11-25-22(29)18-5-3-4-10-24-18/h3-7,10,15-16H,8-9,11-14H2,1-2H3,(H,25,29). The number of nitrogens with one attached hydrogen (secondary N) is 1. The number of methoxy groups -OCH3 is 2. The minimum Gasteiger partial charge on any atom is -0.493 e. The Balaban J connectivity index is 1.27. The molecule has 1 aliphatic heterocycles. The lowest BCUT2D eigenvalue weighted by molar-refractivity contribution is 0.0940. The van der Waals surface area contributed by atoms with Crippen LogP contribution in [-0.2, 0) is 0 Å². The molecule has 3 aromatic rings. The summed E-state index contributed by atoms with van der Waals surface area (Å²) in [5.41, 5.74) is 1.26. The van der Waals surface area contributed by atoms with Crippen LogP contribution in [0.25, 0.3) is 11.4 Å². The van der Waals surface area contributed by atoms with Crippen LogP contribution in [0.15, 0.2) is 47.1 Å². The molecule has 32 heavy (non-hydrogen) atoms. The van der Waals surface area contributed by atoms with E-state index in [2.05, 4.69) is 25.3 Å². The molecule has 168 valence electrons. The Labute approximate surface area is 186 Å². The molecule has 0 radical (unpaired) electrons. The predicted octanol–water partition coefficient (Wildman–Crippen LogP) is 2.76. The van der Waals surface area contributed by atoms with Gasteiger partial charge in [0.15, 0.2) is 11.5 Å². The number of amides is 1. The van der Waals surface area contributed by atoms with Crippen molar-refractivity contribution in [3.8, 4) is 22.9 Å². The van der Waals surface area contributed by atoms with E-state index in [4.69, 9.17) is 14.0 Å². The third-order valence-electron chi connectivity index (χ3n) is 5.63. The highest BCUT2D eigenvalue weighted by molar-refractivity contribution is 5.92. The van der Waals surface area contributed by atoms with Gasteiger partial charge in [-0.3, -0.25) is 9.78 Å². The quantitative estimate of drug-likeness (QED) is 0.574. The van der Waals surface area contributed by atoms with E-state index in [1.807, 2.05) is 18.2 Å². The number of benzene rings is 1. The Morgan fingerprint density at radius 2 is 1.97 bits per heavy atom. The molecule has 1 aromatic carbocycles. The Morgan fingerprint density at radius 1 is 1.16 bits per heavy atom. The molecule has 1 fully saturated rings. The Morgan fingerprint density at radius 3 is 2.69 bits per heavy atom. The zero-order valence-corrected chi connectivity index (χ0v) is 18.3. The van der Waals surface area contributed by atoms with Crippen LogP contribution in [-0.4, -0.2) is 66.3 Å². The summed E-state index contributed by atoms with van der Waals surface area (Å²) in [6, 6.07) is 10.9. The van der Waals surface area contributed by atoms with Crippen molar-refractivity contribution < 1.29 is 18.8 Å². The molecular formula is C23H27N5O4. The summed E-state index contributed by atoms with van der Waals surface area (Å²) in [6.07, 6.45) is 3.48. The number of hydrogen-bond acceptors (Lipinski definition) is 8. The number of likely N-dealkylation sites (tertiary alicyclic amines) is 1. The number of nitrogens with zero attached hydrogens (tertiary/aromatic N) is 4. The van der Waals surface area contributed by atoms with Gasteiger partial charge in [-0.15, -0.1) is 0 Å². The van der Waals surface area contributed by atoms with Gasteiger partial charge in [0.05, 0.1) is 14.2 Å². The second-order valence-electron chi connectivity index (χ2n) is 7.61. The molecule has 3 heterocycles. The number of aromatic nitrogens is 3. The maximum atomic E-state index is 12.1. The maximum Gasteiger partial charge on any atom is 0.269 e. The van der Waals surface area contributed by atoms with E-state index in [0.717, 1.165) is 38.0 Å². The number of hydrogen-bond donors (Lipinski definition) is 1. The molecule has 4 rings (SSSR count). The molecular weight excluding hydrogens is 410 g/mol. The summed E-state index contributed by atoms with van der Waals surface area (Å²) in [5.74, 6) is 2.58. The van der Waals surface area contributed by atoms with E-state index in [0.29, 0.717) is 35.5 Å². The molecule has 9 nitrogen and oxygen atoms in total. The fourth-order valence-electron chi connectivity index (χ4n) is 3.81. The molecule has 1 N–H and O–H groups in total. The lowest BCUT2D eigenvalue weighted by Crippen LogP contribution is -2.39. The first kappa shape index (κ1) is 21.8. The van der Waals surface area contributed by atoms with Gasteiger partial charge in [-0.25, -0.2) is 0 Å². The summed E-state index contributed by atoms with van der Waals surface area (Å²) >= 11 is 0. The molecule has 2 aromatic heterocycles. The minimum atomic E-state index is -0.144. The van der Waals surface area contributed by atoms with Crippen LogP contribution in [0.3, 0.4) is 0 Å². The molecule has 1 saturated heterocycles. The fraction of sp³-hybridized carbons (Fsp3) is 0.391. The van der Waals surface area contributed by atoms with Crippen LogP contribution >= 0.6 is 0 Å². The third kappa shape index (κ3) is 5.05. The van der Waals surface area contributed by atoms with Crippen molar-refractivity contribution in [2.45, 2.75) is 18.8 Å². The van der Waals surface area contributed by atoms with Gasteiger partial charge in [0.1, 0.15) is 5.69 Å².